The predicted molar refractivity (Wildman–Crippen MR) is 130 cm³/mol. The summed E-state index contributed by atoms with van der Waals surface area (Å²) in [4.78, 5) is 24.5. The second kappa shape index (κ2) is 11.8. The van der Waals surface area contributed by atoms with Crippen LogP contribution in [0.1, 0.15) is 62.2 Å². The largest absolute Gasteiger partial charge is 0.487 e. The summed E-state index contributed by atoms with van der Waals surface area (Å²) in [5.74, 6) is 0.311. The van der Waals surface area contributed by atoms with Crippen LogP contribution in [-0.4, -0.2) is 18.0 Å². The number of hydrogen-bond donors (Lipinski definition) is 2. The predicted octanol–water partition coefficient (Wildman–Crippen LogP) is 7.74. The van der Waals surface area contributed by atoms with Crippen molar-refractivity contribution in [2.75, 3.05) is 5.32 Å². The Labute approximate surface area is 203 Å². The minimum atomic E-state index is -0.721. The normalized spacial score (nSPS) is 15.1. The zero-order valence-electron chi connectivity index (χ0n) is 17.9. The van der Waals surface area contributed by atoms with Gasteiger partial charge in [-0.3, -0.25) is 10.1 Å². The first-order valence-electron chi connectivity index (χ1n) is 10.9. The van der Waals surface area contributed by atoms with Crippen molar-refractivity contribution in [3.8, 4) is 5.75 Å². The van der Waals surface area contributed by atoms with Gasteiger partial charge in [0.1, 0.15) is 6.10 Å². The molecule has 0 aromatic heterocycles. The van der Waals surface area contributed by atoms with Crippen molar-refractivity contribution in [3.05, 3.63) is 57.0 Å². The third-order valence-corrected chi connectivity index (χ3v) is 6.51. The molecule has 0 radical (unpaired) electrons. The molecular formula is C24H27Cl3N2O3. The van der Waals surface area contributed by atoms with E-state index in [9.17, 15) is 9.59 Å². The molecule has 1 atom stereocenters. The fourth-order valence-electron chi connectivity index (χ4n) is 4.06. The fourth-order valence-corrected chi connectivity index (χ4v) is 4.85. The minimum Gasteiger partial charge on any atom is -0.487 e. The van der Waals surface area contributed by atoms with Crippen molar-refractivity contribution in [2.45, 2.75) is 58.0 Å². The molecule has 1 aliphatic rings. The van der Waals surface area contributed by atoms with Gasteiger partial charge in [-0.25, -0.2) is 4.79 Å². The average molecular weight is 498 g/mol. The first-order valence-corrected chi connectivity index (χ1v) is 12.0. The molecule has 3 amide bonds. The summed E-state index contributed by atoms with van der Waals surface area (Å²) in [5.41, 5.74) is 0.551. The quantitative estimate of drug-likeness (QED) is 0.411. The number of nitrogens with one attached hydrogen (secondary N) is 2. The molecule has 2 aromatic rings. The molecule has 1 unspecified atom stereocenters. The second-order valence-electron chi connectivity index (χ2n) is 8.00. The highest BCUT2D eigenvalue weighted by atomic mass is 35.5. The zero-order valence-corrected chi connectivity index (χ0v) is 20.2. The van der Waals surface area contributed by atoms with Crippen LogP contribution in [0.15, 0.2) is 36.4 Å². The molecule has 1 aliphatic carbocycles. The highest BCUT2D eigenvalue weighted by Crippen LogP contribution is 2.39. The molecule has 8 heteroatoms. The number of carbonyl (C=O) groups excluding carboxylic acids is 2. The number of hydrogen-bond acceptors (Lipinski definition) is 3. The van der Waals surface area contributed by atoms with E-state index < -0.39 is 11.9 Å². The summed E-state index contributed by atoms with van der Waals surface area (Å²) in [6, 6.07) is 8.87. The maximum Gasteiger partial charge on any atom is 0.326 e. The number of imide groups is 1. The molecule has 1 fully saturated rings. The number of anilines is 1. The van der Waals surface area contributed by atoms with Crippen LogP contribution in [-0.2, 0) is 0 Å². The van der Waals surface area contributed by atoms with Gasteiger partial charge in [0.05, 0.1) is 20.6 Å². The van der Waals surface area contributed by atoms with Gasteiger partial charge in [-0.05, 0) is 49.4 Å². The smallest absolute Gasteiger partial charge is 0.326 e. The fraction of sp³-hybridized carbons (Fsp3) is 0.417. The third-order valence-electron chi connectivity index (χ3n) is 5.62. The number of halogens is 3. The average Bonchev–Trinajstić information content (AvgIpc) is 2.76. The molecule has 0 spiro atoms. The molecule has 0 bridgehead atoms. The first-order chi connectivity index (χ1) is 15.4. The van der Waals surface area contributed by atoms with Gasteiger partial charge in [0.25, 0.3) is 5.91 Å². The van der Waals surface area contributed by atoms with Gasteiger partial charge >= 0.3 is 6.03 Å². The standard InChI is InChI=1S/C24H27Cl3N2O3/c1-2-8-21(15-9-4-3-5-10-15)32-22-19(26)13-16(14-20(22)27)28-24(31)29-23(30)17-11-6-7-12-18(17)25/h6-7,11-15,21H,2-5,8-10H2,1H3,(H2,28,29,30,31). The first kappa shape index (κ1) is 24.7. The van der Waals surface area contributed by atoms with E-state index in [4.69, 9.17) is 39.5 Å². The third kappa shape index (κ3) is 6.53. The van der Waals surface area contributed by atoms with Crippen molar-refractivity contribution in [1.29, 1.82) is 0 Å². The lowest BCUT2D eigenvalue weighted by molar-refractivity contribution is 0.0966. The topological polar surface area (TPSA) is 67.4 Å². The van der Waals surface area contributed by atoms with E-state index in [2.05, 4.69) is 17.6 Å². The Bertz CT molecular complexity index is 938. The van der Waals surface area contributed by atoms with E-state index in [0.29, 0.717) is 27.4 Å². The van der Waals surface area contributed by atoms with Gasteiger partial charge in [-0.1, -0.05) is 79.5 Å². The van der Waals surface area contributed by atoms with E-state index in [-0.39, 0.29) is 16.7 Å². The SMILES string of the molecule is CCCC(Oc1c(Cl)cc(NC(=O)NC(=O)c2ccccc2Cl)cc1Cl)C1CCCCC1. The lowest BCUT2D eigenvalue weighted by Crippen LogP contribution is -2.34. The summed E-state index contributed by atoms with van der Waals surface area (Å²) in [6.07, 6.45) is 8.03. The van der Waals surface area contributed by atoms with Gasteiger partial charge < -0.3 is 10.1 Å². The van der Waals surface area contributed by atoms with Crippen LogP contribution in [0.2, 0.25) is 15.1 Å². The highest BCUT2D eigenvalue weighted by Gasteiger charge is 2.26. The van der Waals surface area contributed by atoms with E-state index in [1.54, 1.807) is 30.3 Å². The lowest BCUT2D eigenvalue weighted by Gasteiger charge is -2.31. The minimum absolute atomic E-state index is 0.0608. The molecule has 172 valence electrons. The Morgan fingerprint density at radius 1 is 1.03 bits per heavy atom. The Balaban J connectivity index is 1.67. The number of benzene rings is 2. The molecule has 3 rings (SSSR count). The molecule has 2 aromatic carbocycles. The van der Waals surface area contributed by atoms with Crippen LogP contribution in [0.3, 0.4) is 0 Å². The molecule has 0 saturated heterocycles. The van der Waals surface area contributed by atoms with E-state index in [0.717, 1.165) is 25.7 Å². The summed E-state index contributed by atoms with van der Waals surface area (Å²) < 4.78 is 6.29. The molecular weight excluding hydrogens is 471 g/mol. The number of urea groups is 1. The number of ether oxygens (including phenoxy) is 1. The molecule has 5 nitrogen and oxygen atoms in total. The number of rotatable bonds is 7. The van der Waals surface area contributed by atoms with Crippen molar-refractivity contribution >= 4 is 52.4 Å². The Morgan fingerprint density at radius 3 is 2.31 bits per heavy atom. The van der Waals surface area contributed by atoms with Gasteiger partial charge in [-0.15, -0.1) is 0 Å². The molecule has 2 N–H and O–H groups in total. The number of amides is 3. The second-order valence-corrected chi connectivity index (χ2v) is 9.22. The summed E-state index contributed by atoms with van der Waals surface area (Å²) in [6.45, 7) is 2.14. The summed E-state index contributed by atoms with van der Waals surface area (Å²) in [5, 5.41) is 5.68. The summed E-state index contributed by atoms with van der Waals surface area (Å²) >= 11 is 18.9. The van der Waals surface area contributed by atoms with Crippen LogP contribution in [0.5, 0.6) is 5.75 Å². The highest BCUT2D eigenvalue weighted by molar-refractivity contribution is 6.37. The Hall–Kier alpha value is -1.95. The van der Waals surface area contributed by atoms with E-state index in [1.807, 2.05) is 0 Å². The van der Waals surface area contributed by atoms with Gasteiger partial charge in [-0.2, -0.15) is 0 Å². The van der Waals surface area contributed by atoms with Crippen LogP contribution in [0.4, 0.5) is 10.5 Å². The van der Waals surface area contributed by atoms with Gasteiger partial charge in [0, 0.05) is 5.69 Å². The van der Waals surface area contributed by atoms with Crippen LogP contribution in [0.25, 0.3) is 0 Å². The van der Waals surface area contributed by atoms with Crippen molar-refractivity contribution < 1.29 is 14.3 Å². The monoisotopic (exact) mass is 496 g/mol. The number of carbonyl (C=O) groups is 2. The molecule has 0 heterocycles. The maximum atomic E-state index is 12.3. The molecule has 32 heavy (non-hydrogen) atoms. The van der Waals surface area contributed by atoms with Gasteiger partial charge in [0.15, 0.2) is 5.75 Å². The van der Waals surface area contributed by atoms with Crippen molar-refractivity contribution in [3.63, 3.8) is 0 Å². The summed E-state index contributed by atoms with van der Waals surface area (Å²) in [7, 11) is 0. The Morgan fingerprint density at radius 2 is 1.69 bits per heavy atom. The van der Waals surface area contributed by atoms with Crippen LogP contribution >= 0.6 is 34.8 Å². The van der Waals surface area contributed by atoms with Crippen LogP contribution in [0, 0.1) is 5.92 Å². The van der Waals surface area contributed by atoms with E-state index >= 15 is 0 Å². The Kier molecular flexibility index (Phi) is 9.09. The van der Waals surface area contributed by atoms with E-state index in [1.165, 1.54) is 25.3 Å². The van der Waals surface area contributed by atoms with Crippen LogP contribution < -0.4 is 15.4 Å². The van der Waals surface area contributed by atoms with Crippen molar-refractivity contribution in [2.24, 2.45) is 5.92 Å². The maximum absolute atomic E-state index is 12.3. The van der Waals surface area contributed by atoms with Crippen molar-refractivity contribution in [1.82, 2.24) is 5.32 Å². The zero-order chi connectivity index (χ0) is 23.1. The van der Waals surface area contributed by atoms with Gasteiger partial charge in [0.2, 0.25) is 0 Å². The lowest BCUT2D eigenvalue weighted by atomic mass is 9.83. The molecule has 1 saturated carbocycles. The molecule has 0 aliphatic heterocycles.